The summed E-state index contributed by atoms with van der Waals surface area (Å²) in [7, 11) is 0. The molecular weight excluding hydrogens is 320 g/mol. The van der Waals surface area contributed by atoms with Gasteiger partial charge in [-0.05, 0) is 11.6 Å². The molecule has 1 N–H and O–H groups in total. The molecule has 20 heavy (non-hydrogen) atoms. The molecule has 5 heteroatoms. The molecular formula is C15H11BrN2O2. The van der Waals surface area contributed by atoms with Gasteiger partial charge in [0.1, 0.15) is 0 Å². The second-order valence-corrected chi connectivity index (χ2v) is 5.44. The molecule has 2 aromatic rings. The van der Waals surface area contributed by atoms with E-state index in [1.54, 1.807) is 12.1 Å². The van der Waals surface area contributed by atoms with E-state index in [1.807, 2.05) is 30.3 Å². The summed E-state index contributed by atoms with van der Waals surface area (Å²) in [5.41, 5.74) is 3.91. The normalized spacial score (nSPS) is 13.7. The van der Waals surface area contributed by atoms with E-state index in [1.165, 1.54) is 6.07 Å². The average Bonchev–Trinajstić information content (AvgIpc) is 2.47. The number of non-ortho nitro benzene ring substituents is 1. The fourth-order valence-corrected chi connectivity index (χ4v) is 2.91. The van der Waals surface area contributed by atoms with Crippen molar-refractivity contribution in [1.29, 1.82) is 0 Å². The zero-order valence-electron chi connectivity index (χ0n) is 10.5. The zero-order chi connectivity index (χ0) is 14.1. The van der Waals surface area contributed by atoms with Crippen LogP contribution in [0.4, 0.5) is 11.4 Å². The van der Waals surface area contributed by atoms with Crippen LogP contribution in [0.1, 0.15) is 11.1 Å². The van der Waals surface area contributed by atoms with Crippen molar-refractivity contribution in [2.45, 2.75) is 0 Å². The van der Waals surface area contributed by atoms with Crippen LogP contribution in [-0.4, -0.2) is 11.5 Å². The van der Waals surface area contributed by atoms with Gasteiger partial charge in [0.2, 0.25) is 0 Å². The minimum Gasteiger partial charge on any atom is -0.380 e. The van der Waals surface area contributed by atoms with Gasteiger partial charge in [0.25, 0.3) is 5.69 Å². The Morgan fingerprint density at radius 1 is 1.15 bits per heavy atom. The standard InChI is InChI=1S/C15H11BrN2O2/c16-13-9-17-14-7-6-11(18(19)20)8-12(14)15(13)10-4-2-1-3-5-10/h1-8,17H,9H2. The van der Waals surface area contributed by atoms with Crippen LogP contribution in [0.15, 0.2) is 53.0 Å². The number of nitro benzene ring substituents is 1. The third kappa shape index (κ3) is 2.20. The van der Waals surface area contributed by atoms with Crippen LogP contribution in [0.3, 0.4) is 0 Å². The van der Waals surface area contributed by atoms with Crippen molar-refractivity contribution in [3.05, 3.63) is 74.3 Å². The van der Waals surface area contributed by atoms with E-state index in [-0.39, 0.29) is 10.6 Å². The van der Waals surface area contributed by atoms with E-state index in [9.17, 15) is 10.1 Å². The lowest BCUT2D eigenvalue weighted by molar-refractivity contribution is -0.384. The summed E-state index contributed by atoms with van der Waals surface area (Å²) >= 11 is 3.57. The Bertz CT molecular complexity index is 711. The van der Waals surface area contributed by atoms with Gasteiger partial charge in [-0.25, -0.2) is 0 Å². The highest BCUT2D eigenvalue weighted by Gasteiger charge is 2.21. The molecule has 0 spiro atoms. The van der Waals surface area contributed by atoms with Gasteiger partial charge in [-0.3, -0.25) is 10.1 Å². The lowest BCUT2D eigenvalue weighted by atomic mass is 9.93. The molecule has 0 atom stereocenters. The van der Waals surface area contributed by atoms with Gasteiger partial charge in [-0.2, -0.15) is 0 Å². The van der Waals surface area contributed by atoms with Crippen LogP contribution in [0.2, 0.25) is 0 Å². The number of hydrogen-bond acceptors (Lipinski definition) is 3. The summed E-state index contributed by atoms with van der Waals surface area (Å²) < 4.78 is 0.997. The van der Waals surface area contributed by atoms with Crippen LogP contribution in [0.5, 0.6) is 0 Å². The number of halogens is 1. The third-order valence-electron chi connectivity index (χ3n) is 3.25. The Morgan fingerprint density at radius 3 is 2.60 bits per heavy atom. The topological polar surface area (TPSA) is 55.2 Å². The second-order valence-electron chi connectivity index (χ2n) is 4.49. The summed E-state index contributed by atoms with van der Waals surface area (Å²) in [6.07, 6.45) is 0. The van der Waals surface area contributed by atoms with Gasteiger partial charge in [-0.1, -0.05) is 46.3 Å². The van der Waals surface area contributed by atoms with Crippen LogP contribution < -0.4 is 5.32 Å². The largest absolute Gasteiger partial charge is 0.380 e. The maximum absolute atomic E-state index is 11.0. The van der Waals surface area contributed by atoms with Crippen molar-refractivity contribution in [2.75, 3.05) is 11.9 Å². The number of nitro groups is 1. The lowest BCUT2D eigenvalue weighted by Crippen LogP contribution is -2.12. The van der Waals surface area contributed by atoms with Crippen molar-refractivity contribution < 1.29 is 4.92 Å². The molecule has 100 valence electrons. The molecule has 0 radical (unpaired) electrons. The fourth-order valence-electron chi connectivity index (χ4n) is 2.33. The quantitative estimate of drug-likeness (QED) is 0.664. The summed E-state index contributed by atoms with van der Waals surface area (Å²) in [4.78, 5) is 10.6. The van der Waals surface area contributed by atoms with E-state index >= 15 is 0 Å². The molecule has 0 saturated heterocycles. The zero-order valence-corrected chi connectivity index (χ0v) is 12.1. The molecule has 4 nitrogen and oxygen atoms in total. The first kappa shape index (κ1) is 12.9. The Kier molecular flexibility index (Phi) is 3.28. The van der Waals surface area contributed by atoms with E-state index in [2.05, 4.69) is 21.2 Å². The molecule has 0 aliphatic carbocycles. The molecule has 0 amide bonds. The number of fused-ring (bicyclic) bond motifs is 1. The highest BCUT2D eigenvalue weighted by molar-refractivity contribution is 9.11. The average molecular weight is 331 g/mol. The van der Waals surface area contributed by atoms with Gasteiger partial charge >= 0.3 is 0 Å². The molecule has 3 rings (SSSR count). The Hall–Kier alpha value is -2.14. The summed E-state index contributed by atoms with van der Waals surface area (Å²) in [6, 6.07) is 14.8. The van der Waals surface area contributed by atoms with E-state index in [0.29, 0.717) is 6.54 Å². The lowest BCUT2D eigenvalue weighted by Gasteiger charge is -2.22. The molecule has 0 fully saturated rings. The number of rotatable bonds is 2. The number of benzene rings is 2. The molecule has 0 aromatic heterocycles. The monoisotopic (exact) mass is 330 g/mol. The van der Waals surface area contributed by atoms with Crippen molar-refractivity contribution in [1.82, 2.24) is 0 Å². The molecule has 1 heterocycles. The van der Waals surface area contributed by atoms with Crippen molar-refractivity contribution in [2.24, 2.45) is 0 Å². The maximum Gasteiger partial charge on any atom is 0.270 e. The minimum atomic E-state index is -0.370. The predicted molar refractivity (Wildman–Crippen MR) is 83.0 cm³/mol. The molecule has 0 saturated carbocycles. The first-order valence-electron chi connectivity index (χ1n) is 6.13. The first-order valence-corrected chi connectivity index (χ1v) is 6.93. The van der Waals surface area contributed by atoms with Gasteiger partial charge < -0.3 is 5.32 Å². The van der Waals surface area contributed by atoms with E-state index < -0.39 is 0 Å². The predicted octanol–water partition coefficient (Wildman–Crippen LogP) is 4.17. The Labute approximate surface area is 124 Å². The maximum atomic E-state index is 11.0. The first-order chi connectivity index (χ1) is 9.66. The van der Waals surface area contributed by atoms with Crippen molar-refractivity contribution in [3.8, 4) is 0 Å². The summed E-state index contributed by atoms with van der Waals surface area (Å²) in [6.45, 7) is 0.676. The van der Waals surface area contributed by atoms with Gasteiger partial charge in [0, 0.05) is 40.0 Å². The highest BCUT2D eigenvalue weighted by atomic mass is 79.9. The molecule has 0 unspecified atom stereocenters. The van der Waals surface area contributed by atoms with Crippen molar-refractivity contribution in [3.63, 3.8) is 0 Å². The Morgan fingerprint density at radius 2 is 1.90 bits per heavy atom. The summed E-state index contributed by atoms with van der Waals surface area (Å²) in [5, 5.41) is 14.2. The number of hydrogen-bond donors (Lipinski definition) is 1. The van der Waals surface area contributed by atoms with Crippen LogP contribution >= 0.6 is 15.9 Å². The molecule has 2 aromatic carbocycles. The highest BCUT2D eigenvalue weighted by Crippen LogP contribution is 2.39. The van der Waals surface area contributed by atoms with Crippen LogP contribution in [-0.2, 0) is 0 Å². The van der Waals surface area contributed by atoms with Crippen molar-refractivity contribution >= 4 is 32.9 Å². The Balaban J connectivity index is 2.21. The molecule has 1 aliphatic rings. The van der Waals surface area contributed by atoms with Gasteiger partial charge in [0.05, 0.1) is 4.92 Å². The fraction of sp³-hybridized carbons (Fsp3) is 0.0667. The minimum absolute atomic E-state index is 0.0983. The van der Waals surface area contributed by atoms with Crippen LogP contribution in [0.25, 0.3) is 5.57 Å². The van der Waals surface area contributed by atoms with E-state index in [4.69, 9.17) is 0 Å². The number of nitrogens with one attached hydrogen (secondary N) is 1. The summed E-state index contributed by atoms with van der Waals surface area (Å²) in [5.74, 6) is 0. The van der Waals surface area contributed by atoms with E-state index in [0.717, 1.165) is 26.9 Å². The number of anilines is 1. The SMILES string of the molecule is O=[N+]([O-])c1ccc2c(c1)C(c1ccccc1)=C(Br)CN2. The van der Waals surface area contributed by atoms with Gasteiger partial charge in [-0.15, -0.1) is 0 Å². The van der Waals surface area contributed by atoms with Crippen LogP contribution in [0, 0.1) is 10.1 Å². The van der Waals surface area contributed by atoms with Gasteiger partial charge in [0.15, 0.2) is 0 Å². The smallest absolute Gasteiger partial charge is 0.270 e. The number of nitrogens with zero attached hydrogens (tertiary/aromatic N) is 1. The molecule has 1 aliphatic heterocycles. The molecule has 0 bridgehead atoms. The second kappa shape index (κ2) is 5.09. The third-order valence-corrected chi connectivity index (χ3v) is 3.93.